The molecule has 2 aromatic rings. The summed E-state index contributed by atoms with van der Waals surface area (Å²) in [6.07, 6.45) is 2.53. The second-order valence-electron chi connectivity index (χ2n) is 4.88. The van der Waals surface area contributed by atoms with Crippen LogP contribution in [0.5, 0.6) is 0 Å². The molecule has 5 heteroatoms. The predicted molar refractivity (Wildman–Crippen MR) is 79.1 cm³/mol. The Kier molecular flexibility index (Phi) is 3.47. The molecule has 0 fully saturated rings. The maximum absolute atomic E-state index is 13.7. The summed E-state index contributed by atoms with van der Waals surface area (Å²) in [5, 5.41) is 0.413. The number of aromatic amines is 1. The van der Waals surface area contributed by atoms with Crippen molar-refractivity contribution in [2.45, 2.75) is 12.8 Å². The normalized spacial score (nSPS) is 16.1. The molecule has 1 heterocycles. The van der Waals surface area contributed by atoms with Crippen molar-refractivity contribution in [1.29, 1.82) is 0 Å². The lowest BCUT2D eigenvalue weighted by Crippen LogP contribution is -2.19. The third kappa shape index (κ3) is 2.67. The molecule has 21 heavy (non-hydrogen) atoms. The van der Waals surface area contributed by atoms with E-state index in [0.717, 1.165) is 0 Å². The third-order valence-corrected chi connectivity index (χ3v) is 3.70. The summed E-state index contributed by atoms with van der Waals surface area (Å²) >= 11 is 5.85. The molecule has 106 valence electrons. The van der Waals surface area contributed by atoms with E-state index in [1.54, 1.807) is 0 Å². The van der Waals surface area contributed by atoms with Crippen molar-refractivity contribution in [3.63, 3.8) is 0 Å². The lowest BCUT2D eigenvalue weighted by Gasteiger charge is -2.16. The first-order valence-corrected chi connectivity index (χ1v) is 6.85. The van der Waals surface area contributed by atoms with Crippen LogP contribution in [0, 0.1) is 5.82 Å². The Labute approximate surface area is 125 Å². The van der Waals surface area contributed by atoms with Gasteiger partial charge >= 0.3 is 0 Å². The first-order valence-electron chi connectivity index (χ1n) is 6.47. The van der Waals surface area contributed by atoms with Crippen molar-refractivity contribution in [1.82, 2.24) is 4.98 Å². The van der Waals surface area contributed by atoms with Crippen LogP contribution < -0.4 is 5.56 Å². The maximum atomic E-state index is 13.7. The van der Waals surface area contributed by atoms with Crippen LogP contribution in [0.3, 0.4) is 0 Å². The van der Waals surface area contributed by atoms with Gasteiger partial charge in [-0.2, -0.15) is 0 Å². The average molecular weight is 304 g/mol. The number of benzene rings is 1. The maximum Gasteiger partial charge on any atom is 0.248 e. The molecule has 1 aliphatic carbocycles. The fraction of sp³-hybridized carbons (Fsp3) is 0.125. The molecule has 3 nitrogen and oxygen atoms in total. The van der Waals surface area contributed by atoms with Crippen molar-refractivity contribution in [2.75, 3.05) is 0 Å². The van der Waals surface area contributed by atoms with E-state index >= 15 is 0 Å². The quantitative estimate of drug-likeness (QED) is 0.821. The zero-order valence-corrected chi connectivity index (χ0v) is 11.7. The highest BCUT2D eigenvalue weighted by Crippen LogP contribution is 2.26. The number of carbonyl (C=O) groups is 1. The summed E-state index contributed by atoms with van der Waals surface area (Å²) in [7, 11) is 0. The van der Waals surface area contributed by atoms with Crippen LogP contribution in [-0.4, -0.2) is 10.8 Å². The van der Waals surface area contributed by atoms with Gasteiger partial charge in [0.15, 0.2) is 5.78 Å². The lowest BCUT2D eigenvalue weighted by molar-refractivity contribution is 0.102. The van der Waals surface area contributed by atoms with Gasteiger partial charge in [0.25, 0.3) is 0 Å². The number of Topliss-reactive ketones (excluding diaryl/α,β-unsaturated/α-hetero) is 1. The molecule has 0 saturated heterocycles. The molecular weight excluding hydrogens is 293 g/mol. The minimum atomic E-state index is -0.424. The number of ketones is 1. The van der Waals surface area contributed by atoms with Gasteiger partial charge in [0.2, 0.25) is 5.56 Å². The number of nitrogens with one attached hydrogen (secondary N) is 1. The average Bonchev–Trinajstić information content (AvgIpc) is 2.45. The first-order chi connectivity index (χ1) is 10.0. The molecule has 1 aromatic carbocycles. The lowest BCUT2D eigenvalue weighted by atomic mass is 9.89. The summed E-state index contributed by atoms with van der Waals surface area (Å²) < 4.78 is 13.7. The van der Waals surface area contributed by atoms with E-state index < -0.39 is 5.82 Å². The Hall–Kier alpha value is -2.20. The van der Waals surface area contributed by atoms with Gasteiger partial charge in [-0.15, -0.1) is 0 Å². The molecule has 1 aliphatic rings. The van der Waals surface area contributed by atoms with E-state index in [1.165, 1.54) is 36.4 Å². The van der Waals surface area contributed by atoms with E-state index in [2.05, 4.69) is 4.98 Å². The fourth-order valence-corrected chi connectivity index (χ4v) is 2.60. The highest BCUT2D eigenvalue weighted by Gasteiger charge is 2.22. The molecule has 3 rings (SSSR count). The van der Waals surface area contributed by atoms with Gasteiger partial charge in [-0.05, 0) is 43.2 Å². The van der Waals surface area contributed by atoms with Gasteiger partial charge in [0, 0.05) is 33.5 Å². The Morgan fingerprint density at radius 3 is 2.76 bits per heavy atom. The zero-order valence-electron chi connectivity index (χ0n) is 11.0. The number of aromatic nitrogens is 1. The SMILES string of the molecule is O=C1C(=Cc2cc(Cl)ccc2F)CCc2[nH]c(=O)ccc21. The van der Waals surface area contributed by atoms with Crippen LogP contribution in [0.1, 0.15) is 28.0 Å². The summed E-state index contributed by atoms with van der Waals surface area (Å²) in [5.74, 6) is -0.612. The molecule has 0 bridgehead atoms. The van der Waals surface area contributed by atoms with Crippen LogP contribution in [0.4, 0.5) is 4.39 Å². The van der Waals surface area contributed by atoms with Gasteiger partial charge in [0.05, 0.1) is 0 Å². The number of H-pyrrole nitrogens is 1. The van der Waals surface area contributed by atoms with Crippen LogP contribution in [0.2, 0.25) is 5.02 Å². The predicted octanol–water partition coefficient (Wildman–Crippen LogP) is 3.38. The Morgan fingerprint density at radius 2 is 1.95 bits per heavy atom. The minimum Gasteiger partial charge on any atom is -0.325 e. The van der Waals surface area contributed by atoms with Gasteiger partial charge in [-0.3, -0.25) is 9.59 Å². The Balaban J connectivity index is 2.03. The van der Waals surface area contributed by atoms with Crippen molar-refractivity contribution < 1.29 is 9.18 Å². The molecule has 0 atom stereocenters. The van der Waals surface area contributed by atoms with Gasteiger partial charge in [0.1, 0.15) is 5.82 Å². The van der Waals surface area contributed by atoms with Gasteiger partial charge in [-0.25, -0.2) is 4.39 Å². The third-order valence-electron chi connectivity index (χ3n) is 3.47. The van der Waals surface area contributed by atoms with E-state index in [0.29, 0.717) is 40.3 Å². The first kappa shape index (κ1) is 13.8. The van der Waals surface area contributed by atoms with Gasteiger partial charge < -0.3 is 4.98 Å². The van der Waals surface area contributed by atoms with Crippen molar-refractivity contribution >= 4 is 23.5 Å². The van der Waals surface area contributed by atoms with Crippen molar-refractivity contribution in [3.05, 3.63) is 73.9 Å². The topological polar surface area (TPSA) is 49.9 Å². The van der Waals surface area contributed by atoms with Crippen LogP contribution in [-0.2, 0) is 6.42 Å². The molecule has 0 unspecified atom stereocenters. The number of rotatable bonds is 1. The van der Waals surface area contributed by atoms with E-state index in [-0.39, 0.29) is 11.3 Å². The number of allylic oxidation sites excluding steroid dienone is 1. The number of halogens is 2. The monoisotopic (exact) mass is 303 g/mol. The molecule has 1 N–H and O–H groups in total. The van der Waals surface area contributed by atoms with E-state index in [9.17, 15) is 14.0 Å². The summed E-state index contributed by atoms with van der Waals surface area (Å²) in [4.78, 5) is 26.3. The number of hydrogen-bond donors (Lipinski definition) is 1. The Morgan fingerprint density at radius 1 is 1.14 bits per heavy atom. The summed E-state index contributed by atoms with van der Waals surface area (Å²) in [6.45, 7) is 0. The molecule has 0 aliphatic heterocycles. The second kappa shape index (κ2) is 5.30. The van der Waals surface area contributed by atoms with E-state index in [1.807, 2.05) is 0 Å². The standard InChI is InChI=1S/C16H11ClFNO2/c17-11-2-4-13(18)10(8-11)7-9-1-5-14-12(16(9)21)3-6-15(20)19-14/h2-4,6-8H,1,5H2,(H,19,20). The largest absolute Gasteiger partial charge is 0.325 e. The second-order valence-corrected chi connectivity index (χ2v) is 5.32. The van der Waals surface area contributed by atoms with Crippen molar-refractivity contribution in [3.8, 4) is 0 Å². The number of hydrogen-bond acceptors (Lipinski definition) is 2. The fourth-order valence-electron chi connectivity index (χ4n) is 2.42. The zero-order chi connectivity index (χ0) is 15.0. The highest BCUT2D eigenvalue weighted by molar-refractivity contribution is 6.30. The summed E-state index contributed by atoms with van der Waals surface area (Å²) in [5.41, 5.74) is 1.68. The number of pyridine rings is 1. The molecule has 1 aromatic heterocycles. The number of fused-ring (bicyclic) bond motifs is 1. The molecule has 0 radical (unpaired) electrons. The number of carbonyl (C=O) groups excluding carboxylic acids is 1. The number of aryl methyl sites for hydroxylation is 1. The van der Waals surface area contributed by atoms with Crippen LogP contribution in [0.25, 0.3) is 6.08 Å². The van der Waals surface area contributed by atoms with E-state index in [4.69, 9.17) is 11.6 Å². The molecule has 0 saturated carbocycles. The van der Waals surface area contributed by atoms with Gasteiger partial charge in [-0.1, -0.05) is 11.6 Å². The summed E-state index contributed by atoms with van der Waals surface area (Å²) in [6, 6.07) is 7.05. The molecular formula is C16H11ClFNO2. The Bertz CT molecular complexity index is 823. The minimum absolute atomic E-state index is 0.188. The highest BCUT2D eigenvalue weighted by atomic mass is 35.5. The van der Waals surface area contributed by atoms with Crippen LogP contribution in [0.15, 0.2) is 40.7 Å². The molecule has 0 spiro atoms. The smallest absolute Gasteiger partial charge is 0.248 e. The molecule has 0 amide bonds. The van der Waals surface area contributed by atoms with Crippen molar-refractivity contribution in [2.24, 2.45) is 0 Å². The van der Waals surface area contributed by atoms with Crippen LogP contribution >= 0.6 is 11.6 Å².